The molecular formula is C24H27N5O6. The highest BCUT2D eigenvalue weighted by molar-refractivity contribution is 5.91. The number of hydrogen-bond donors (Lipinski definition) is 1. The monoisotopic (exact) mass is 481 g/mol. The molecule has 1 aromatic heterocycles. The van der Waals surface area contributed by atoms with Crippen molar-refractivity contribution in [2.45, 2.75) is 6.10 Å². The van der Waals surface area contributed by atoms with Gasteiger partial charge in [-0.3, -0.25) is 4.79 Å². The maximum absolute atomic E-state index is 13.1. The van der Waals surface area contributed by atoms with Crippen LogP contribution in [0.2, 0.25) is 0 Å². The molecule has 2 aromatic carbocycles. The summed E-state index contributed by atoms with van der Waals surface area (Å²) in [5.41, 5.74) is 6.89. The molecule has 3 heterocycles. The summed E-state index contributed by atoms with van der Waals surface area (Å²) in [6.45, 7) is 2.27. The van der Waals surface area contributed by atoms with Crippen molar-refractivity contribution in [3.8, 4) is 28.7 Å². The summed E-state index contributed by atoms with van der Waals surface area (Å²) in [6.07, 6.45) is -0.697. The van der Waals surface area contributed by atoms with E-state index < -0.39 is 6.10 Å². The molecule has 1 amide bonds. The Bertz CT molecular complexity index is 1260. The smallest absolute Gasteiger partial charge is 0.267 e. The summed E-state index contributed by atoms with van der Waals surface area (Å²) in [5.74, 6) is 3.64. The lowest BCUT2D eigenvalue weighted by molar-refractivity contribution is -0.141. The second-order valence-corrected chi connectivity index (χ2v) is 8.18. The number of aromatic nitrogens is 2. The summed E-state index contributed by atoms with van der Waals surface area (Å²) >= 11 is 0. The highest BCUT2D eigenvalue weighted by Crippen LogP contribution is 2.36. The Hall–Kier alpha value is -4.15. The third kappa shape index (κ3) is 4.25. The molecular weight excluding hydrogens is 454 g/mol. The van der Waals surface area contributed by atoms with E-state index in [1.54, 1.807) is 56.6 Å². The number of nitrogens with zero attached hydrogens (tertiary/aromatic N) is 4. The van der Waals surface area contributed by atoms with Gasteiger partial charge in [0.25, 0.3) is 5.91 Å². The highest BCUT2D eigenvalue weighted by atomic mass is 16.6. The molecule has 0 saturated carbocycles. The van der Waals surface area contributed by atoms with Crippen LogP contribution in [0, 0.1) is 0 Å². The lowest BCUT2D eigenvalue weighted by Crippen LogP contribution is -2.54. The Morgan fingerprint density at radius 2 is 1.71 bits per heavy atom. The Morgan fingerprint density at radius 1 is 0.971 bits per heavy atom. The zero-order valence-electron chi connectivity index (χ0n) is 19.8. The van der Waals surface area contributed by atoms with Crippen molar-refractivity contribution in [1.29, 1.82) is 0 Å². The largest absolute Gasteiger partial charge is 0.497 e. The van der Waals surface area contributed by atoms with Crippen LogP contribution in [0.15, 0.2) is 30.3 Å². The van der Waals surface area contributed by atoms with Crippen LogP contribution < -0.4 is 34.3 Å². The standard InChI is InChI=1S/C24H27N5O6/c1-31-14-4-5-17-20(10-14)34-13-21(35-17)23(30)28-6-8-29(9-7-28)24-26-16-12-19(33-3)18(32-2)11-15(16)22(25)27-24/h4-5,10-12,21H,6-9,13H2,1-3H3,(H2,25,26,27). The van der Waals surface area contributed by atoms with Crippen molar-refractivity contribution in [2.24, 2.45) is 0 Å². The number of nitrogens with two attached hydrogens (primary N) is 1. The summed E-state index contributed by atoms with van der Waals surface area (Å²) < 4.78 is 27.6. The molecule has 0 radical (unpaired) electrons. The summed E-state index contributed by atoms with van der Waals surface area (Å²) in [4.78, 5) is 26.1. The Kier molecular flexibility index (Phi) is 5.98. The topological polar surface area (TPSA) is 122 Å². The van der Waals surface area contributed by atoms with Crippen molar-refractivity contribution >= 4 is 28.6 Å². The fourth-order valence-corrected chi connectivity index (χ4v) is 4.24. The summed E-state index contributed by atoms with van der Waals surface area (Å²) in [7, 11) is 4.72. The number of anilines is 2. The first kappa shape index (κ1) is 22.6. The van der Waals surface area contributed by atoms with E-state index in [9.17, 15) is 4.79 Å². The number of rotatable bonds is 5. The maximum atomic E-state index is 13.1. The number of piperazine rings is 1. The molecule has 0 aliphatic carbocycles. The SMILES string of the molecule is COc1ccc2c(c1)OCC(C(=O)N1CCN(c3nc(N)c4cc(OC)c(OC)cc4n3)CC1)O2. The van der Waals surface area contributed by atoms with Crippen LogP contribution >= 0.6 is 0 Å². The Labute approximate surface area is 202 Å². The molecule has 1 atom stereocenters. The number of carbonyl (C=O) groups excluding carboxylic acids is 1. The second kappa shape index (κ2) is 9.24. The summed E-state index contributed by atoms with van der Waals surface area (Å²) in [6, 6.07) is 8.82. The highest BCUT2D eigenvalue weighted by Gasteiger charge is 2.33. The average Bonchev–Trinajstić information content (AvgIpc) is 2.91. The molecule has 184 valence electrons. The average molecular weight is 482 g/mol. The minimum Gasteiger partial charge on any atom is -0.497 e. The molecule has 11 heteroatoms. The molecule has 3 aromatic rings. The van der Waals surface area contributed by atoms with Crippen LogP contribution in [0.4, 0.5) is 11.8 Å². The van der Waals surface area contributed by atoms with Crippen molar-refractivity contribution in [3.05, 3.63) is 30.3 Å². The quantitative estimate of drug-likeness (QED) is 0.576. The zero-order valence-corrected chi connectivity index (χ0v) is 19.8. The molecule has 11 nitrogen and oxygen atoms in total. The van der Waals surface area contributed by atoms with Gasteiger partial charge in [0.2, 0.25) is 12.1 Å². The van der Waals surface area contributed by atoms with Crippen molar-refractivity contribution in [1.82, 2.24) is 14.9 Å². The van der Waals surface area contributed by atoms with Gasteiger partial charge in [-0.25, -0.2) is 4.98 Å². The van der Waals surface area contributed by atoms with E-state index in [0.29, 0.717) is 77.6 Å². The third-order valence-electron chi connectivity index (χ3n) is 6.18. The van der Waals surface area contributed by atoms with E-state index in [0.717, 1.165) is 0 Å². The van der Waals surface area contributed by atoms with Crippen molar-refractivity contribution < 1.29 is 28.5 Å². The number of hydrogen-bond acceptors (Lipinski definition) is 10. The van der Waals surface area contributed by atoms with Crippen LogP contribution in [-0.2, 0) is 4.79 Å². The molecule has 1 fully saturated rings. The van der Waals surface area contributed by atoms with E-state index in [1.165, 1.54) is 0 Å². The normalized spacial score (nSPS) is 17.3. The number of nitrogen functional groups attached to an aromatic ring is 1. The van der Waals surface area contributed by atoms with Gasteiger partial charge < -0.3 is 39.2 Å². The van der Waals surface area contributed by atoms with Crippen LogP contribution in [0.5, 0.6) is 28.7 Å². The second-order valence-electron chi connectivity index (χ2n) is 8.18. The van der Waals surface area contributed by atoms with Crippen LogP contribution in [0.25, 0.3) is 10.9 Å². The van der Waals surface area contributed by atoms with Gasteiger partial charge >= 0.3 is 0 Å². The Balaban J connectivity index is 1.26. The summed E-state index contributed by atoms with van der Waals surface area (Å²) in [5, 5.41) is 0.688. The molecule has 0 bridgehead atoms. The van der Waals surface area contributed by atoms with Gasteiger partial charge in [0.15, 0.2) is 23.0 Å². The molecule has 35 heavy (non-hydrogen) atoms. The van der Waals surface area contributed by atoms with Crippen LogP contribution in [0.1, 0.15) is 0 Å². The fourth-order valence-electron chi connectivity index (χ4n) is 4.24. The third-order valence-corrected chi connectivity index (χ3v) is 6.18. The number of benzene rings is 2. The number of ether oxygens (including phenoxy) is 5. The predicted octanol–water partition coefficient (Wildman–Crippen LogP) is 1.73. The maximum Gasteiger partial charge on any atom is 0.267 e. The van der Waals surface area contributed by atoms with E-state index in [2.05, 4.69) is 9.97 Å². The fraction of sp³-hybridized carbons (Fsp3) is 0.375. The van der Waals surface area contributed by atoms with E-state index in [4.69, 9.17) is 29.4 Å². The molecule has 0 spiro atoms. The molecule has 1 unspecified atom stereocenters. The zero-order chi connectivity index (χ0) is 24.5. The van der Waals surface area contributed by atoms with Crippen molar-refractivity contribution in [2.75, 3.05) is 64.7 Å². The van der Waals surface area contributed by atoms with Crippen LogP contribution in [-0.4, -0.2) is 81.0 Å². The first-order chi connectivity index (χ1) is 17.0. The van der Waals surface area contributed by atoms with Crippen LogP contribution in [0.3, 0.4) is 0 Å². The van der Waals surface area contributed by atoms with Gasteiger partial charge in [-0.1, -0.05) is 0 Å². The molecule has 2 N–H and O–H groups in total. The molecule has 2 aliphatic heterocycles. The van der Waals surface area contributed by atoms with Gasteiger partial charge in [0, 0.05) is 43.7 Å². The van der Waals surface area contributed by atoms with E-state index >= 15 is 0 Å². The first-order valence-electron chi connectivity index (χ1n) is 11.2. The number of fused-ring (bicyclic) bond motifs is 2. The molecule has 5 rings (SSSR count). The molecule has 1 saturated heterocycles. The van der Waals surface area contributed by atoms with Gasteiger partial charge in [0.1, 0.15) is 18.2 Å². The lowest BCUT2D eigenvalue weighted by Gasteiger charge is -2.37. The van der Waals surface area contributed by atoms with Gasteiger partial charge in [-0.2, -0.15) is 4.98 Å². The number of amides is 1. The van der Waals surface area contributed by atoms with Crippen molar-refractivity contribution in [3.63, 3.8) is 0 Å². The Morgan fingerprint density at radius 3 is 2.43 bits per heavy atom. The number of methoxy groups -OCH3 is 3. The lowest BCUT2D eigenvalue weighted by atomic mass is 10.2. The van der Waals surface area contributed by atoms with Gasteiger partial charge in [0.05, 0.1) is 26.8 Å². The van der Waals surface area contributed by atoms with E-state index in [1.807, 2.05) is 4.90 Å². The van der Waals surface area contributed by atoms with Gasteiger partial charge in [-0.15, -0.1) is 0 Å². The number of carbonyl (C=O) groups is 1. The minimum absolute atomic E-state index is 0.109. The first-order valence-corrected chi connectivity index (χ1v) is 11.2. The van der Waals surface area contributed by atoms with Gasteiger partial charge in [-0.05, 0) is 18.2 Å². The molecule has 2 aliphatic rings. The predicted molar refractivity (Wildman–Crippen MR) is 129 cm³/mol. The minimum atomic E-state index is -0.697. The van der Waals surface area contributed by atoms with E-state index in [-0.39, 0.29) is 12.5 Å².